The van der Waals surface area contributed by atoms with E-state index < -0.39 is 0 Å². The van der Waals surface area contributed by atoms with Crippen LogP contribution in [0.4, 0.5) is 0 Å². The molecule has 0 amide bonds. The van der Waals surface area contributed by atoms with Gasteiger partial charge in [0.15, 0.2) is 0 Å². The van der Waals surface area contributed by atoms with Crippen LogP contribution in [0.5, 0.6) is 0 Å². The van der Waals surface area contributed by atoms with Gasteiger partial charge in [-0.15, -0.1) is 0 Å². The van der Waals surface area contributed by atoms with Gasteiger partial charge in [-0.3, -0.25) is 0 Å². The van der Waals surface area contributed by atoms with E-state index >= 15 is 0 Å². The van der Waals surface area contributed by atoms with E-state index in [1.807, 2.05) is 0 Å². The van der Waals surface area contributed by atoms with Crippen LogP contribution in [-0.2, 0) is 0 Å². The first-order valence-corrected chi connectivity index (χ1v) is 6.97. The average molecular weight is 212 g/mol. The van der Waals surface area contributed by atoms with E-state index in [4.69, 9.17) is 0 Å². The van der Waals surface area contributed by atoms with Gasteiger partial charge >= 0.3 is 0 Å². The molecule has 0 saturated carbocycles. The predicted octanol–water partition coefficient (Wildman–Crippen LogP) is 5.52. The molecule has 0 nitrogen and oxygen atoms in total. The van der Waals surface area contributed by atoms with Gasteiger partial charge in [-0.2, -0.15) is 0 Å². The van der Waals surface area contributed by atoms with Crippen LogP contribution in [0.1, 0.15) is 74.1 Å². The van der Waals surface area contributed by atoms with Gasteiger partial charge in [-0.25, -0.2) is 0 Å². The average Bonchev–Trinajstić information content (AvgIpc) is 2.27. The molecule has 0 heteroatoms. The molecule has 0 aromatic carbocycles. The Hall–Kier alpha value is 0. The lowest BCUT2D eigenvalue weighted by Crippen LogP contribution is -2.36. The predicted molar refractivity (Wildman–Crippen MR) is 71.1 cm³/mol. The van der Waals surface area contributed by atoms with Crippen molar-refractivity contribution in [2.75, 3.05) is 0 Å². The first kappa shape index (κ1) is 15.0. The van der Waals surface area contributed by atoms with Gasteiger partial charge in [-0.05, 0) is 23.2 Å². The largest absolute Gasteiger partial charge is 0.0651 e. The third-order valence-electron chi connectivity index (χ3n) is 5.12. The van der Waals surface area contributed by atoms with E-state index in [2.05, 4.69) is 48.5 Å². The van der Waals surface area contributed by atoms with Gasteiger partial charge in [-0.1, -0.05) is 74.1 Å². The van der Waals surface area contributed by atoms with Crippen LogP contribution in [0.2, 0.25) is 0 Å². The van der Waals surface area contributed by atoms with Crippen LogP contribution >= 0.6 is 0 Å². The van der Waals surface area contributed by atoms with Crippen LogP contribution in [-0.4, -0.2) is 0 Å². The number of hydrogen-bond donors (Lipinski definition) is 0. The molecule has 0 heterocycles. The topological polar surface area (TPSA) is 0 Å². The van der Waals surface area contributed by atoms with Crippen LogP contribution in [0, 0.1) is 23.2 Å². The molecule has 0 radical (unpaired) electrons. The Labute approximate surface area is 97.8 Å². The number of rotatable bonds is 7. The van der Waals surface area contributed by atoms with E-state index in [-0.39, 0.29) is 0 Å². The second-order valence-electron chi connectivity index (χ2n) is 5.57. The van der Waals surface area contributed by atoms with E-state index in [0.29, 0.717) is 5.41 Å². The highest BCUT2D eigenvalue weighted by Crippen LogP contribution is 2.46. The van der Waals surface area contributed by atoms with Gasteiger partial charge in [0, 0.05) is 0 Å². The molecule has 0 saturated heterocycles. The van der Waals surface area contributed by atoms with Crippen LogP contribution in [0.15, 0.2) is 0 Å². The molecule has 0 spiro atoms. The fourth-order valence-corrected chi connectivity index (χ4v) is 3.25. The summed E-state index contributed by atoms with van der Waals surface area (Å²) >= 11 is 0. The summed E-state index contributed by atoms with van der Waals surface area (Å²) < 4.78 is 0. The molecule has 15 heavy (non-hydrogen) atoms. The van der Waals surface area contributed by atoms with Crippen LogP contribution in [0.25, 0.3) is 0 Å². The molecule has 4 unspecified atom stereocenters. The second-order valence-corrected chi connectivity index (χ2v) is 5.57. The molecule has 0 aromatic rings. The maximum atomic E-state index is 2.52. The molecule has 92 valence electrons. The zero-order valence-corrected chi connectivity index (χ0v) is 12.1. The normalized spacial score (nSPS) is 21.8. The van der Waals surface area contributed by atoms with Crippen molar-refractivity contribution in [1.82, 2.24) is 0 Å². The lowest BCUT2D eigenvalue weighted by Gasteiger charge is -2.44. The molecule has 0 aliphatic heterocycles. The van der Waals surface area contributed by atoms with Gasteiger partial charge in [0.2, 0.25) is 0 Å². The smallest absolute Gasteiger partial charge is 0.0272 e. The van der Waals surface area contributed by atoms with Gasteiger partial charge in [0.1, 0.15) is 0 Å². The summed E-state index contributed by atoms with van der Waals surface area (Å²) in [6, 6.07) is 0. The molecule has 0 bridgehead atoms. The summed E-state index contributed by atoms with van der Waals surface area (Å²) in [6.45, 7) is 16.8. The fourth-order valence-electron chi connectivity index (χ4n) is 3.25. The molecule has 0 N–H and O–H groups in total. The summed E-state index contributed by atoms with van der Waals surface area (Å²) in [7, 11) is 0. The van der Waals surface area contributed by atoms with E-state index in [1.165, 1.54) is 25.7 Å². The summed E-state index contributed by atoms with van der Waals surface area (Å²) in [5.74, 6) is 2.61. The maximum Gasteiger partial charge on any atom is -0.0272 e. The van der Waals surface area contributed by atoms with E-state index in [9.17, 15) is 0 Å². The minimum atomic E-state index is 0.541. The lowest BCUT2D eigenvalue weighted by atomic mass is 9.61. The Kier molecular flexibility index (Phi) is 6.55. The highest BCUT2D eigenvalue weighted by atomic mass is 14.4. The third-order valence-corrected chi connectivity index (χ3v) is 5.12. The molecule has 0 aliphatic carbocycles. The number of hydrogen-bond acceptors (Lipinski definition) is 0. The van der Waals surface area contributed by atoms with Crippen molar-refractivity contribution in [2.24, 2.45) is 23.2 Å². The first-order valence-electron chi connectivity index (χ1n) is 6.97. The van der Waals surface area contributed by atoms with Crippen LogP contribution < -0.4 is 0 Å². The zero-order valence-electron chi connectivity index (χ0n) is 12.1. The monoisotopic (exact) mass is 212 g/mol. The van der Waals surface area contributed by atoms with Gasteiger partial charge < -0.3 is 0 Å². The van der Waals surface area contributed by atoms with Crippen molar-refractivity contribution >= 4 is 0 Å². The van der Waals surface area contributed by atoms with E-state index in [0.717, 1.165) is 17.8 Å². The van der Waals surface area contributed by atoms with E-state index in [1.54, 1.807) is 0 Å². The molecular formula is C15H32. The van der Waals surface area contributed by atoms with Crippen LogP contribution in [0.3, 0.4) is 0 Å². The van der Waals surface area contributed by atoms with Crippen molar-refractivity contribution in [2.45, 2.75) is 74.1 Å². The molecular weight excluding hydrogens is 180 g/mol. The Bertz CT molecular complexity index is 161. The van der Waals surface area contributed by atoms with Crippen molar-refractivity contribution in [3.63, 3.8) is 0 Å². The minimum absolute atomic E-state index is 0.541. The summed E-state index contributed by atoms with van der Waals surface area (Å²) in [4.78, 5) is 0. The van der Waals surface area contributed by atoms with Crippen molar-refractivity contribution in [1.29, 1.82) is 0 Å². The Balaban J connectivity index is 4.87. The van der Waals surface area contributed by atoms with Crippen molar-refractivity contribution < 1.29 is 0 Å². The lowest BCUT2D eigenvalue weighted by molar-refractivity contribution is 0.0499. The molecule has 0 rings (SSSR count). The summed E-state index contributed by atoms with van der Waals surface area (Å²) in [6.07, 6.45) is 5.30. The van der Waals surface area contributed by atoms with Crippen molar-refractivity contribution in [3.8, 4) is 0 Å². The van der Waals surface area contributed by atoms with Crippen molar-refractivity contribution in [3.05, 3.63) is 0 Å². The van der Waals surface area contributed by atoms with Gasteiger partial charge in [0.25, 0.3) is 0 Å². The Morgan fingerprint density at radius 3 is 1.67 bits per heavy atom. The summed E-state index contributed by atoms with van der Waals surface area (Å²) in [5, 5.41) is 0. The quantitative estimate of drug-likeness (QED) is 0.521. The highest BCUT2D eigenvalue weighted by Gasteiger charge is 2.37. The highest BCUT2D eigenvalue weighted by molar-refractivity contribution is 4.87. The Morgan fingerprint density at radius 1 is 0.867 bits per heavy atom. The minimum Gasteiger partial charge on any atom is -0.0651 e. The molecule has 0 fully saturated rings. The molecule has 4 atom stereocenters. The third kappa shape index (κ3) is 3.23. The molecule has 0 aromatic heterocycles. The zero-order chi connectivity index (χ0) is 12.1. The van der Waals surface area contributed by atoms with Gasteiger partial charge in [0.05, 0.1) is 0 Å². The summed E-state index contributed by atoms with van der Waals surface area (Å²) in [5.41, 5.74) is 0.541. The first-order chi connectivity index (χ1) is 6.97. The molecule has 0 aliphatic rings. The SMILES string of the molecule is CCC(C)C(CC)C(C)(CC)C(C)CC. The fraction of sp³-hybridized carbons (Fsp3) is 1.00. The maximum absolute atomic E-state index is 2.52. The second kappa shape index (κ2) is 6.55. The standard InChI is InChI=1S/C15H32/c1-8-12(5)14(10-3)15(7,11-4)13(6)9-2/h12-14H,8-11H2,1-7H3. The Morgan fingerprint density at radius 2 is 1.40 bits per heavy atom.